The summed E-state index contributed by atoms with van der Waals surface area (Å²) in [7, 11) is 0. The summed E-state index contributed by atoms with van der Waals surface area (Å²) in [5, 5.41) is 0. The van der Waals surface area contributed by atoms with Crippen molar-refractivity contribution in [1.29, 1.82) is 0 Å². The first-order chi connectivity index (χ1) is 7.34. The number of rotatable bonds is 3. The van der Waals surface area contributed by atoms with Gasteiger partial charge in [0, 0.05) is 12.8 Å². The lowest BCUT2D eigenvalue weighted by molar-refractivity contribution is -0.168. The number of ether oxygens (including phenoxy) is 2. The van der Waals surface area contributed by atoms with Gasteiger partial charge >= 0.3 is 0 Å². The van der Waals surface area contributed by atoms with E-state index in [9.17, 15) is 0 Å². The zero-order valence-corrected chi connectivity index (χ0v) is 10.1. The number of hydrogen-bond acceptors (Lipinski definition) is 3. The van der Waals surface area contributed by atoms with Crippen molar-refractivity contribution in [2.24, 2.45) is 0 Å². The molecule has 0 radical (unpaired) electrons. The van der Waals surface area contributed by atoms with Crippen molar-refractivity contribution < 1.29 is 9.47 Å². The SMILES string of the molecule is Brc1ccc(COC2CCCCO2)cn1. The van der Waals surface area contributed by atoms with Gasteiger partial charge in [0.15, 0.2) is 6.29 Å². The molecule has 82 valence electrons. The summed E-state index contributed by atoms with van der Waals surface area (Å²) in [5.41, 5.74) is 1.08. The van der Waals surface area contributed by atoms with Crippen LogP contribution in [0.25, 0.3) is 0 Å². The predicted octanol–water partition coefficient (Wildman–Crippen LogP) is 2.89. The van der Waals surface area contributed by atoms with Crippen LogP contribution in [-0.2, 0) is 16.1 Å². The van der Waals surface area contributed by atoms with Crippen molar-refractivity contribution in [2.45, 2.75) is 32.2 Å². The van der Waals surface area contributed by atoms with Crippen LogP contribution < -0.4 is 0 Å². The van der Waals surface area contributed by atoms with Crippen molar-refractivity contribution in [2.75, 3.05) is 6.61 Å². The minimum atomic E-state index is -0.0256. The smallest absolute Gasteiger partial charge is 0.158 e. The maximum atomic E-state index is 5.63. The van der Waals surface area contributed by atoms with E-state index in [2.05, 4.69) is 20.9 Å². The second-order valence-electron chi connectivity index (χ2n) is 3.60. The standard InChI is InChI=1S/C11H14BrNO2/c12-10-5-4-9(7-13-10)8-15-11-3-1-2-6-14-11/h4-5,7,11H,1-3,6,8H2. The minimum absolute atomic E-state index is 0.0256. The third kappa shape index (κ3) is 3.55. The topological polar surface area (TPSA) is 31.4 Å². The molecule has 1 saturated heterocycles. The van der Waals surface area contributed by atoms with Crippen LogP contribution in [0.2, 0.25) is 0 Å². The number of pyridine rings is 1. The predicted molar refractivity (Wildman–Crippen MR) is 60.3 cm³/mol. The fraction of sp³-hybridized carbons (Fsp3) is 0.545. The molecule has 1 aromatic heterocycles. The first-order valence-electron chi connectivity index (χ1n) is 5.18. The van der Waals surface area contributed by atoms with E-state index in [1.54, 1.807) is 0 Å². The van der Waals surface area contributed by atoms with Crippen molar-refractivity contribution in [3.05, 3.63) is 28.5 Å². The lowest BCUT2D eigenvalue weighted by Crippen LogP contribution is -2.22. The molecule has 0 saturated carbocycles. The molecule has 1 aliphatic heterocycles. The number of hydrogen-bond donors (Lipinski definition) is 0. The molecule has 2 rings (SSSR count). The monoisotopic (exact) mass is 271 g/mol. The Morgan fingerprint density at radius 3 is 3.07 bits per heavy atom. The van der Waals surface area contributed by atoms with Crippen LogP contribution in [0.1, 0.15) is 24.8 Å². The summed E-state index contributed by atoms with van der Waals surface area (Å²) in [4.78, 5) is 4.14. The van der Waals surface area contributed by atoms with E-state index in [1.807, 2.05) is 18.3 Å². The zero-order valence-electron chi connectivity index (χ0n) is 8.49. The molecule has 0 N–H and O–H groups in total. The molecule has 0 bridgehead atoms. The normalized spacial score (nSPS) is 21.5. The van der Waals surface area contributed by atoms with Gasteiger partial charge in [0.25, 0.3) is 0 Å². The highest BCUT2D eigenvalue weighted by Crippen LogP contribution is 2.15. The molecular weight excluding hydrogens is 258 g/mol. The highest BCUT2D eigenvalue weighted by molar-refractivity contribution is 9.10. The molecule has 2 heterocycles. The molecule has 15 heavy (non-hydrogen) atoms. The largest absolute Gasteiger partial charge is 0.353 e. The van der Waals surface area contributed by atoms with Gasteiger partial charge in [-0.05, 0) is 46.8 Å². The van der Waals surface area contributed by atoms with Crippen molar-refractivity contribution in [3.63, 3.8) is 0 Å². The van der Waals surface area contributed by atoms with Gasteiger partial charge in [-0.15, -0.1) is 0 Å². The molecule has 0 aromatic carbocycles. The second-order valence-corrected chi connectivity index (χ2v) is 4.41. The fourth-order valence-electron chi connectivity index (χ4n) is 1.52. The molecule has 1 fully saturated rings. The van der Waals surface area contributed by atoms with Gasteiger partial charge in [-0.25, -0.2) is 4.98 Å². The molecule has 0 spiro atoms. The van der Waals surface area contributed by atoms with Crippen LogP contribution in [0, 0.1) is 0 Å². The first-order valence-corrected chi connectivity index (χ1v) is 5.97. The number of nitrogens with zero attached hydrogens (tertiary/aromatic N) is 1. The van der Waals surface area contributed by atoms with E-state index in [4.69, 9.17) is 9.47 Å². The molecule has 4 heteroatoms. The summed E-state index contributed by atoms with van der Waals surface area (Å²) in [5.74, 6) is 0. The highest BCUT2D eigenvalue weighted by Gasteiger charge is 2.13. The van der Waals surface area contributed by atoms with E-state index in [0.29, 0.717) is 6.61 Å². The lowest BCUT2D eigenvalue weighted by atomic mass is 10.2. The van der Waals surface area contributed by atoms with E-state index >= 15 is 0 Å². The van der Waals surface area contributed by atoms with Gasteiger partial charge in [-0.1, -0.05) is 6.07 Å². The minimum Gasteiger partial charge on any atom is -0.353 e. The van der Waals surface area contributed by atoms with Crippen LogP contribution in [0.4, 0.5) is 0 Å². The van der Waals surface area contributed by atoms with Crippen molar-refractivity contribution >= 4 is 15.9 Å². The van der Waals surface area contributed by atoms with Crippen LogP contribution in [0.5, 0.6) is 0 Å². The summed E-state index contributed by atoms with van der Waals surface area (Å²) in [6.07, 6.45) is 5.14. The van der Waals surface area contributed by atoms with Gasteiger partial charge in [0.2, 0.25) is 0 Å². The third-order valence-corrected chi connectivity index (χ3v) is 2.83. The van der Waals surface area contributed by atoms with Crippen molar-refractivity contribution in [3.8, 4) is 0 Å². The van der Waals surface area contributed by atoms with E-state index in [-0.39, 0.29) is 6.29 Å². The maximum absolute atomic E-state index is 5.63. The highest BCUT2D eigenvalue weighted by atomic mass is 79.9. The van der Waals surface area contributed by atoms with Crippen LogP contribution in [0.15, 0.2) is 22.9 Å². The molecule has 0 aliphatic carbocycles. The van der Waals surface area contributed by atoms with Crippen LogP contribution >= 0.6 is 15.9 Å². The Morgan fingerprint density at radius 1 is 1.47 bits per heavy atom. The Labute approximate surface area is 97.9 Å². The molecular formula is C11H14BrNO2. The summed E-state index contributed by atoms with van der Waals surface area (Å²) in [6, 6.07) is 3.92. The Kier molecular flexibility index (Phi) is 4.11. The van der Waals surface area contributed by atoms with E-state index in [0.717, 1.165) is 29.6 Å². The van der Waals surface area contributed by atoms with Crippen LogP contribution in [-0.4, -0.2) is 17.9 Å². The quantitative estimate of drug-likeness (QED) is 0.793. The number of halogens is 1. The van der Waals surface area contributed by atoms with Gasteiger partial charge in [-0.3, -0.25) is 0 Å². The van der Waals surface area contributed by atoms with Crippen LogP contribution in [0.3, 0.4) is 0 Å². The molecule has 1 unspecified atom stereocenters. The third-order valence-electron chi connectivity index (χ3n) is 2.36. The maximum Gasteiger partial charge on any atom is 0.158 e. The summed E-state index contributed by atoms with van der Waals surface area (Å²) in [6.45, 7) is 1.40. The van der Waals surface area contributed by atoms with Gasteiger partial charge < -0.3 is 9.47 Å². The average molecular weight is 272 g/mol. The Balaban J connectivity index is 1.79. The second kappa shape index (κ2) is 5.58. The molecule has 0 amide bonds. The van der Waals surface area contributed by atoms with Crippen molar-refractivity contribution in [1.82, 2.24) is 4.98 Å². The molecule has 1 atom stereocenters. The summed E-state index contributed by atoms with van der Waals surface area (Å²) >= 11 is 3.30. The fourth-order valence-corrected chi connectivity index (χ4v) is 1.76. The molecule has 1 aliphatic rings. The zero-order chi connectivity index (χ0) is 10.5. The lowest BCUT2D eigenvalue weighted by Gasteiger charge is -2.22. The molecule has 3 nitrogen and oxygen atoms in total. The van der Waals surface area contributed by atoms with E-state index < -0.39 is 0 Å². The average Bonchev–Trinajstić information content (AvgIpc) is 2.30. The Bertz CT molecular complexity index is 296. The van der Waals surface area contributed by atoms with Gasteiger partial charge in [0.1, 0.15) is 4.60 Å². The van der Waals surface area contributed by atoms with Gasteiger partial charge in [-0.2, -0.15) is 0 Å². The first kappa shape index (κ1) is 11.0. The Hall–Kier alpha value is -0.450. The molecule has 1 aromatic rings. The number of aromatic nitrogens is 1. The van der Waals surface area contributed by atoms with Gasteiger partial charge in [0.05, 0.1) is 6.61 Å². The summed E-state index contributed by atoms with van der Waals surface area (Å²) < 4.78 is 12.0. The Morgan fingerprint density at radius 2 is 2.40 bits per heavy atom. The van der Waals surface area contributed by atoms with E-state index in [1.165, 1.54) is 6.42 Å².